The maximum absolute atomic E-state index is 11.0. The van der Waals surface area contributed by atoms with Gasteiger partial charge in [-0.25, -0.2) is 0 Å². The topological polar surface area (TPSA) is 62.1 Å². The predicted octanol–water partition coefficient (Wildman–Crippen LogP) is -1.63. The molecule has 2 N–H and O–H groups in total. The first-order chi connectivity index (χ1) is 6.31. The summed E-state index contributed by atoms with van der Waals surface area (Å²) in [5.41, 5.74) is 6.80. The van der Waals surface area contributed by atoms with E-state index in [0.717, 1.165) is 19.4 Å². The van der Waals surface area contributed by atoms with Crippen molar-refractivity contribution in [2.24, 2.45) is 0 Å². The van der Waals surface area contributed by atoms with Gasteiger partial charge < -0.3 is 15.8 Å². The number of hydrogen-bond acceptors (Lipinski definition) is 2. The minimum absolute atomic E-state index is 0. The van der Waals surface area contributed by atoms with Crippen molar-refractivity contribution in [1.82, 2.24) is 5.32 Å². The summed E-state index contributed by atoms with van der Waals surface area (Å²) in [5, 5.41) is 2.79. The Kier molecular flexibility index (Phi) is 17.8. The van der Waals surface area contributed by atoms with Crippen LogP contribution in [0.15, 0.2) is 0 Å². The van der Waals surface area contributed by atoms with Crippen molar-refractivity contribution in [2.45, 2.75) is 26.2 Å². The van der Waals surface area contributed by atoms with Crippen molar-refractivity contribution >= 4 is 5.91 Å². The van der Waals surface area contributed by atoms with Crippen LogP contribution in [-0.4, -0.2) is 32.2 Å². The first-order valence-corrected chi connectivity index (χ1v) is 4.80. The zero-order valence-corrected chi connectivity index (χ0v) is 14.2. The van der Waals surface area contributed by atoms with Crippen molar-refractivity contribution in [3.63, 3.8) is 0 Å². The average molecular weight is 273 g/mol. The van der Waals surface area contributed by atoms with Gasteiger partial charge in [0.25, 0.3) is 0 Å². The Balaban J connectivity index is 0. The number of carbonyl (C=O) groups is 1. The molecule has 0 spiro atoms. The maximum atomic E-state index is 11.0. The van der Waals surface area contributed by atoms with Gasteiger partial charge in [-0.05, 0) is 6.42 Å². The van der Waals surface area contributed by atoms with E-state index in [-0.39, 0.29) is 70.6 Å². The van der Waals surface area contributed by atoms with Gasteiger partial charge in [-0.15, -0.1) is 6.54 Å². The predicted molar refractivity (Wildman–Crippen MR) is 52.5 cm³/mol. The van der Waals surface area contributed by atoms with Crippen LogP contribution < -0.4 is 63.5 Å². The summed E-state index contributed by atoms with van der Waals surface area (Å²) >= 11 is 0. The van der Waals surface area contributed by atoms with E-state index < -0.39 is 0 Å². The summed E-state index contributed by atoms with van der Waals surface area (Å²) in [4.78, 5) is 11.0. The van der Waals surface area contributed by atoms with Gasteiger partial charge in [-0.1, -0.05) is 13.3 Å². The number of rotatable bonds is 8. The van der Waals surface area contributed by atoms with Crippen LogP contribution in [0, 0.1) is 0 Å². The molecule has 0 fully saturated rings. The Morgan fingerprint density at radius 2 is 2.14 bits per heavy atom. The van der Waals surface area contributed by atoms with Crippen LogP contribution in [0.4, 0.5) is 0 Å². The first kappa shape index (κ1) is 17.6. The summed E-state index contributed by atoms with van der Waals surface area (Å²) in [5.74, 6) is 0.0402. The van der Waals surface area contributed by atoms with Crippen LogP contribution in [0.1, 0.15) is 26.2 Å². The molecule has 0 rings (SSSR count). The monoisotopic (exact) mass is 272 g/mol. The Bertz CT molecular complexity index is 134. The molecule has 0 aromatic carbocycles. The fourth-order valence-electron chi connectivity index (χ4n) is 0.832. The molecular weight excluding hydrogens is 254 g/mol. The molecule has 0 atom stereocenters. The number of unbranched alkanes of at least 4 members (excludes halogenated alkanes) is 1. The molecule has 0 heterocycles. The summed E-state index contributed by atoms with van der Waals surface area (Å²) in [6, 6.07) is 0. The molecule has 0 saturated heterocycles. The summed E-state index contributed by atoms with van der Waals surface area (Å²) in [6.45, 7) is 3.95. The molecule has 14 heavy (non-hydrogen) atoms. The van der Waals surface area contributed by atoms with Gasteiger partial charge in [0, 0.05) is 19.6 Å². The van der Waals surface area contributed by atoms with Crippen LogP contribution in [-0.2, 0) is 9.53 Å². The molecule has 0 aromatic heterocycles. The molecule has 1 amide bonds. The Morgan fingerprint density at radius 1 is 1.43 bits per heavy atom. The van der Waals surface area contributed by atoms with Gasteiger partial charge in [0.15, 0.2) is 0 Å². The van der Waals surface area contributed by atoms with Gasteiger partial charge in [-0.2, -0.15) is 0 Å². The van der Waals surface area contributed by atoms with Crippen LogP contribution >= 0.6 is 0 Å². The van der Waals surface area contributed by atoms with Gasteiger partial charge in [0.1, 0.15) is 0 Å². The molecule has 0 aliphatic rings. The van der Waals surface area contributed by atoms with Crippen molar-refractivity contribution in [2.75, 3.05) is 26.3 Å². The Morgan fingerprint density at radius 3 is 2.71 bits per heavy atom. The molecular formula is C9H19N2O2Rb. The molecule has 0 aromatic rings. The minimum atomic E-state index is 0. The van der Waals surface area contributed by atoms with E-state index in [9.17, 15) is 4.79 Å². The van der Waals surface area contributed by atoms with Crippen molar-refractivity contribution in [3.8, 4) is 0 Å². The number of ether oxygens (including phenoxy) is 1. The SMILES string of the molecule is CCCCNC(=O)CCOCC[NH-].[Rb+]. The summed E-state index contributed by atoms with van der Waals surface area (Å²) in [6.07, 6.45) is 2.53. The maximum Gasteiger partial charge on any atom is 1.00 e. The van der Waals surface area contributed by atoms with Crippen molar-refractivity contribution in [1.29, 1.82) is 0 Å². The van der Waals surface area contributed by atoms with Gasteiger partial charge in [-0.3, -0.25) is 4.79 Å². The van der Waals surface area contributed by atoms with Crippen molar-refractivity contribution in [3.05, 3.63) is 5.73 Å². The number of amides is 1. The zero-order valence-electron chi connectivity index (χ0n) is 9.27. The second-order valence-electron chi connectivity index (χ2n) is 2.82. The summed E-state index contributed by atoms with van der Waals surface area (Å²) in [7, 11) is 0. The van der Waals surface area contributed by atoms with Gasteiger partial charge in [0.2, 0.25) is 5.91 Å². The quantitative estimate of drug-likeness (QED) is 0.539. The smallest absolute Gasteiger partial charge is 0.676 e. The molecule has 0 unspecified atom stereocenters. The van der Waals surface area contributed by atoms with E-state index in [1.165, 1.54) is 0 Å². The summed E-state index contributed by atoms with van der Waals surface area (Å²) < 4.78 is 5.01. The number of carbonyl (C=O) groups excluding carboxylic acids is 1. The minimum Gasteiger partial charge on any atom is -0.676 e. The van der Waals surface area contributed by atoms with Crippen LogP contribution in [0.2, 0.25) is 0 Å². The molecule has 0 aliphatic carbocycles. The second kappa shape index (κ2) is 14.2. The third-order valence-electron chi connectivity index (χ3n) is 1.57. The zero-order chi connectivity index (χ0) is 9.94. The molecule has 4 nitrogen and oxygen atoms in total. The van der Waals surface area contributed by atoms with Crippen molar-refractivity contribution < 1.29 is 67.7 Å². The van der Waals surface area contributed by atoms with E-state index in [1.807, 2.05) is 0 Å². The van der Waals surface area contributed by atoms with E-state index in [2.05, 4.69) is 12.2 Å². The molecule has 0 bridgehead atoms. The second-order valence-corrected chi connectivity index (χ2v) is 2.82. The van der Waals surface area contributed by atoms with Crippen LogP contribution in [0.25, 0.3) is 5.73 Å². The molecule has 0 aliphatic heterocycles. The standard InChI is InChI=1S/C9H19N2O2.Rb/c1-2-3-6-11-9(12)4-7-13-8-5-10;/h10H,2-8H2,1H3,(H,11,12);/q-1;+1. The molecule has 0 saturated carbocycles. The van der Waals surface area contributed by atoms with Gasteiger partial charge in [0.05, 0.1) is 6.61 Å². The van der Waals surface area contributed by atoms with E-state index in [0.29, 0.717) is 19.6 Å². The largest absolute Gasteiger partial charge is 1.00 e. The average Bonchev–Trinajstić information content (AvgIpc) is 2.13. The number of hydrogen-bond donors (Lipinski definition) is 1. The third-order valence-corrected chi connectivity index (χ3v) is 1.57. The first-order valence-electron chi connectivity index (χ1n) is 4.80. The normalized spacial score (nSPS) is 9.29. The molecule has 78 valence electrons. The number of nitrogens with one attached hydrogen (secondary N) is 2. The van der Waals surface area contributed by atoms with Crippen LogP contribution in [0.3, 0.4) is 0 Å². The molecule has 5 heteroatoms. The molecule has 0 radical (unpaired) electrons. The van der Waals surface area contributed by atoms with E-state index >= 15 is 0 Å². The van der Waals surface area contributed by atoms with Crippen LogP contribution in [0.5, 0.6) is 0 Å². The fraction of sp³-hybridized carbons (Fsp3) is 0.889. The Labute approximate surface area is 135 Å². The Hall–Kier alpha value is 1.20. The van der Waals surface area contributed by atoms with E-state index in [1.54, 1.807) is 0 Å². The van der Waals surface area contributed by atoms with Gasteiger partial charge >= 0.3 is 58.2 Å². The van der Waals surface area contributed by atoms with E-state index in [4.69, 9.17) is 10.5 Å². The fourth-order valence-corrected chi connectivity index (χ4v) is 0.832. The third kappa shape index (κ3) is 13.2.